The molecule has 0 heterocycles. The van der Waals surface area contributed by atoms with Gasteiger partial charge in [-0.2, -0.15) is 0 Å². The third-order valence-electron chi connectivity index (χ3n) is 4.96. The molecule has 0 unspecified atom stereocenters. The van der Waals surface area contributed by atoms with Crippen LogP contribution >= 0.6 is 0 Å². The number of aryl methyl sites for hydroxylation is 4. The molecule has 2 amide bonds. The minimum absolute atomic E-state index is 0. The van der Waals surface area contributed by atoms with Gasteiger partial charge < -0.3 is 9.41 Å². The van der Waals surface area contributed by atoms with Gasteiger partial charge in [0.05, 0.1) is 0 Å². The van der Waals surface area contributed by atoms with Crippen LogP contribution in [0.15, 0.2) is 36.4 Å². The Labute approximate surface area is 196 Å². The fourth-order valence-corrected chi connectivity index (χ4v) is 4.69. The van der Waals surface area contributed by atoms with Crippen molar-refractivity contribution in [1.29, 1.82) is 0 Å². The van der Waals surface area contributed by atoms with Crippen molar-refractivity contribution < 1.29 is 42.8 Å². The summed E-state index contributed by atoms with van der Waals surface area (Å²) in [4.78, 5) is 25.4. The molecule has 2 aromatic carbocycles. The van der Waals surface area contributed by atoms with Gasteiger partial charge in [-0.25, -0.2) is 0 Å². The van der Waals surface area contributed by atoms with E-state index >= 15 is 0 Å². The van der Waals surface area contributed by atoms with E-state index in [0.29, 0.717) is 0 Å². The Morgan fingerprint density at radius 2 is 1.13 bits per heavy atom. The maximum atomic E-state index is 12.7. The maximum Gasteiger partial charge on any atom is -1.00 e. The third kappa shape index (κ3) is 9.02. The zero-order valence-electron chi connectivity index (χ0n) is 18.8. The van der Waals surface area contributed by atoms with E-state index in [1.165, 1.54) is 11.1 Å². The number of benzene rings is 2. The molecule has 2 N–H and O–H groups in total. The Morgan fingerprint density at radius 1 is 0.742 bits per heavy atom. The molecule has 2 aromatic rings. The van der Waals surface area contributed by atoms with E-state index in [2.05, 4.69) is 32.5 Å². The molecule has 0 atom stereocenters. The van der Waals surface area contributed by atoms with Crippen LogP contribution < -0.4 is 15.9 Å². The topological polar surface area (TPSA) is 58.2 Å². The van der Waals surface area contributed by atoms with Crippen LogP contribution in [0.25, 0.3) is 0 Å². The monoisotopic (exact) mass is 508 g/mol. The van der Waals surface area contributed by atoms with E-state index in [1.54, 1.807) is 0 Å². The number of hydrogen-bond donors (Lipinski definition) is 2. The van der Waals surface area contributed by atoms with Crippen molar-refractivity contribution in [1.82, 2.24) is 6.52 Å². The summed E-state index contributed by atoms with van der Waals surface area (Å²) in [5.41, 5.74) is 5.99. The molecule has 0 aliphatic rings. The van der Waals surface area contributed by atoms with E-state index < -0.39 is 23.8 Å². The molecule has 0 aliphatic carbocycles. The first-order chi connectivity index (χ1) is 14.0. The summed E-state index contributed by atoms with van der Waals surface area (Å²) in [5, 5.41) is 0. The zero-order chi connectivity index (χ0) is 21.2. The predicted molar refractivity (Wildman–Crippen MR) is 115 cm³/mol. The molecule has 0 aliphatic heterocycles. The second kappa shape index (κ2) is 15.0. The fourth-order valence-electron chi connectivity index (χ4n) is 3.32. The molecule has 0 fully saturated rings. The summed E-state index contributed by atoms with van der Waals surface area (Å²) in [6.45, 7) is 8.40. The second-order valence-electron chi connectivity index (χ2n) is 7.56. The van der Waals surface area contributed by atoms with Crippen molar-refractivity contribution in [3.8, 4) is 0 Å². The number of halogens is 2. The average Bonchev–Trinajstić information content (AvgIpc) is 2.70. The van der Waals surface area contributed by atoms with Crippen molar-refractivity contribution in [3.05, 3.63) is 69.8 Å². The van der Waals surface area contributed by atoms with Gasteiger partial charge in [-0.15, -0.1) is 0 Å². The van der Waals surface area contributed by atoms with Crippen molar-refractivity contribution in [2.75, 3.05) is 0 Å². The SMILES string of the molecule is CCCCc1cc(C)ccc1C(=O)[NH][Zr+2][NH]C(=O)c1ccc(C)cc1CCCC.[F-].[F-]. The maximum absolute atomic E-state index is 12.7. The first kappa shape index (κ1) is 29.1. The van der Waals surface area contributed by atoms with Gasteiger partial charge in [0.15, 0.2) is 0 Å². The number of unbranched alkanes of at least 4 members (excludes halogenated alkanes) is 2. The molecule has 31 heavy (non-hydrogen) atoms. The van der Waals surface area contributed by atoms with Crippen LogP contribution in [0.3, 0.4) is 0 Å². The van der Waals surface area contributed by atoms with Crippen LogP contribution in [0.5, 0.6) is 0 Å². The van der Waals surface area contributed by atoms with Gasteiger partial charge in [0.25, 0.3) is 0 Å². The first-order valence-electron chi connectivity index (χ1n) is 10.5. The molecular weight excluding hydrogens is 477 g/mol. The summed E-state index contributed by atoms with van der Waals surface area (Å²) in [5.74, 6) is -0.142. The van der Waals surface area contributed by atoms with Gasteiger partial charge in [-0.05, 0) is 0 Å². The van der Waals surface area contributed by atoms with E-state index in [1.807, 2.05) is 38.1 Å². The van der Waals surface area contributed by atoms with Gasteiger partial charge in [-0.3, -0.25) is 0 Å². The van der Waals surface area contributed by atoms with Crippen LogP contribution in [-0.4, -0.2) is 11.8 Å². The Bertz CT molecular complexity index is 790. The van der Waals surface area contributed by atoms with Gasteiger partial charge >= 0.3 is 188 Å². The first-order valence-corrected chi connectivity index (χ1v) is 13.0. The van der Waals surface area contributed by atoms with Crippen molar-refractivity contribution in [2.45, 2.75) is 66.2 Å². The summed E-state index contributed by atoms with van der Waals surface area (Å²) in [6, 6.07) is 11.9. The van der Waals surface area contributed by atoms with Crippen LogP contribution in [0.2, 0.25) is 0 Å². The van der Waals surface area contributed by atoms with E-state index in [-0.39, 0.29) is 21.2 Å². The van der Waals surface area contributed by atoms with Gasteiger partial charge in [0, 0.05) is 0 Å². The molecule has 7 heteroatoms. The number of amides is 2. The smallest absolute Gasteiger partial charge is 1.00 e. The number of carbonyl (C=O) groups excluding carboxylic acids is 2. The van der Waals surface area contributed by atoms with Crippen molar-refractivity contribution in [2.24, 2.45) is 0 Å². The molecule has 168 valence electrons. The summed E-state index contributed by atoms with van der Waals surface area (Å²) in [6.07, 6.45) is 6.13. The van der Waals surface area contributed by atoms with E-state index in [0.717, 1.165) is 60.8 Å². The Balaban J connectivity index is 0.00000450. The third-order valence-corrected chi connectivity index (χ3v) is 6.69. The molecular formula is C24H32F2N2O2Zr. The molecule has 0 aromatic heterocycles. The van der Waals surface area contributed by atoms with Crippen LogP contribution in [-0.2, 0) is 36.7 Å². The van der Waals surface area contributed by atoms with Crippen molar-refractivity contribution >= 4 is 11.8 Å². The quantitative estimate of drug-likeness (QED) is 0.435. The Hall–Kier alpha value is -1.88. The van der Waals surface area contributed by atoms with Gasteiger partial charge in [0.2, 0.25) is 0 Å². The zero-order valence-corrected chi connectivity index (χ0v) is 21.2. The van der Waals surface area contributed by atoms with Crippen LogP contribution in [0, 0.1) is 13.8 Å². The van der Waals surface area contributed by atoms with E-state index in [4.69, 9.17) is 0 Å². The molecule has 0 spiro atoms. The van der Waals surface area contributed by atoms with Gasteiger partial charge in [0.1, 0.15) is 0 Å². The Kier molecular flexibility index (Phi) is 14.1. The number of hydrogen-bond acceptors (Lipinski definition) is 2. The normalized spacial score (nSPS) is 9.68. The average molecular weight is 510 g/mol. The minimum Gasteiger partial charge on any atom is -1.00 e. The minimum atomic E-state index is -1.57. The van der Waals surface area contributed by atoms with Crippen LogP contribution in [0.1, 0.15) is 82.5 Å². The van der Waals surface area contributed by atoms with Crippen LogP contribution in [0.4, 0.5) is 0 Å². The number of rotatable bonds is 10. The summed E-state index contributed by atoms with van der Waals surface area (Å²) < 4.78 is 6.02. The predicted octanol–water partition coefficient (Wildman–Crippen LogP) is -0.931. The molecule has 0 radical (unpaired) electrons. The second-order valence-corrected chi connectivity index (χ2v) is 9.41. The molecule has 0 bridgehead atoms. The standard InChI is InChI=1S/2C12H17NO.2FH.Zr/c2*1-3-4-5-10-8-9(2)6-7-11(10)12(13)14;;;/h2*6-8H,3-5H2,1-2H3,(H2,13,14);2*1H;/q;;;;+4/p-4. The van der Waals surface area contributed by atoms with Crippen molar-refractivity contribution in [3.63, 3.8) is 0 Å². The molecule has 0 saturated heterocycles. The molecule has 2 rings (SSSR count). The molecule has 0 saturated carbocycles. The summed E-state index contributed by atoms with van der Waals surface area (Å²) in [7, 11) is 0. The summed E-state index contributed by atoms with van der Waals surface area (Å²) >= 11 is -1.57. The van der Waals surface area contributed by atoms with E-state index in [9.17, 15) is 9.59 Å². The fraction of sp³-hybridized carbons (Fsp3) is 0.417. The Morgan fingerprint density at radius 3 is 1.48 bits per heavy atom. The van der Waals surface area contributed by atoms with Gasteiger partial charge in [-0.1, -0.05) is 0 Å². The largest absolute Gasteiger partial charge is 1.00 e. The molecule has 4 nitrogen and oxygen atoms in total. The number of carbonyl (C=O) groups is 2. The number of nitrogens with one attached hydrogen (secondary N) is 2.